The molecule has 6 rings (SSSR count). The zero-order valence-electron chi connectivity index (χ0n) is 19.3. The second kappa shape index (κ2) is 8.05. The molecule has 1 aliphatic rings. The van der Waals surface area contributed by atoms with Crippen molar-refractivity contribution in [1.82, 2.24) is 34.7 Å². The van der Waals surface area contributed by atoms with Crippen molar-refractivity contribution in [3.05, 3.63) is 60.6 Å². The molecule has 1 aromatic carbocycles. The molecule has 0 saturated carbocycles. The second-order valence-electron chi connectivity index (χ2n) is 8.84. The molecule has 35 heavy (non-hydrogen) atoms. The van der Waals surface area contributed by atoms with Crippen LogP contribution in [-0.4, -0.2) is 48.4 Å². The number of benzene rings is 1. The fraction of sp³-hybridized carbons (Fsp3) is 0.250. The molecule has 11 heteroatoms. The predicted molar refractivity (Wildman–Crippen MR) is 134 cm³/mol. The van der Waals surface area contributed by atoms with Gasteiger partial charge in [0.1, 0.15) is 23.6 Å². The van der Waals surface area contributed by atoms with Crippen LogP contribution in [0.15, 0.2) is 54.1 Å². The first-order valence-electron chi connectivity index (χ1n) is 11.4. The highest BCUT2D eigenvalue weighted by molar-refractivity contribution is 7.92. The van der Waals surface area contributed by atoms with Crippen LogP contribution in [0.25, 0.3) is 27.5 Å². The fourth-order valence-corrected chi connectivity index (χ4v) is 6.46. The van der Waals surface area contributed by atoms with Gasteiger partial charge >= 0.3 is 0 Å². The molecule has 0 saturated heterocycles. The number of anilines is 2. The first-order valence-corrected chi connectivity index (χ1v) is 12.9. The van der Waals surface area contributed by atoms with Crippen LogP contribution in [-0.2, 0) is 16.9 Å². The Bertz CT molecular complexity index is 1710. The number of imidazole rings is 1. The number of aryl methyl sites for hydroxylation is 1. The van der Waals surface area contributed by atoms with Crippen LogP contribution in [0.3, 0.4) is 0 Å². The van der Waals surface area contributed by atoms with Crippen LogP contribution in [0.1, 0.15) is 30.8 Å². The molecule has 0 spiro atoms. The number of aromatic amines is 2. The number of hydrogen-bond acceptors (Lipinski definition) is 7. The second-order valence-corrected chi connectivity index (χ2v) is 11.0. The lowest BCUT2D eigenvalue weighted by Crippen LogP contribution is -2.25. The maximum Gasteiger partial charge on any atom is 0.198 e. The summed E-state index contributed by atoms with van der Waals surface area (Å²) in [6, 6.07) is 7.97. The van der Waals surface area contributed by atoms with E-state index in [1.54, 1.807) is 24.7 Å². The summed E-state index contributed by atoms with van der Waals surface area (Å²) in [5, 5.41) is 12.1. The van der Waals surface area contributed by atoms with Gasteiger partial charge in [0.05, 0.1) is 28.5 Å². The smallest absolute Gasteiger partial charge is 0.198 e. The highest BCUT2D eigenvalue weighted by Gasteiger charge is 2.32. The topological polar surface area (TPSA) is 134 Å². The number of fused-ring (bicyclic) bond motifs is 2. The summed E-state index contributed by atoms with van der Waals surface area (Å²) in [7, 11) is -1.71. The third-order valence-corrected chi connectivity index (χ3v) is 9.01. The maximum absolute atomic E-state index is 13.2. The monoisotopic (exact) mass is 488 g/mol. The van der Waals surface area contributed by atoms with E-state index >= 15 is 0 Å². The summed E-state index contributed by atoms with van der Waals surface area (Å²) in [6.07, 6.45) is 8.44. The van der Waals surface area contributed by atoms with Crippen molar-refractivity contribution in [2.45, 2.75) is 36.5 Å². The van der Waals surface area contributed by atoms with Gasteiger partial charge in [-0.2, -0.15) is 5.10 Å². The number of aromatic nitrogens is 7. The minimum absolute atomic E-state index is 0.280. The standard InChI is InChI=1S/C24H24N8O2S/c1-14-25-12-22(32(14)2)35(33,34)18-6-3-15(4-7-18)21-10-19-23(26-13-27-24(19)30-21)29-17-5-8-20-16(9-17)11-28-31-20/h3,5,8-13,18H,4,6-7H2,1-2H3,(H,28,31)(H2,26,27,29,30). The van der Waals surface area contributed by atoms with Crippen LogP contribution >= 0.6 is 0 Å². The maximum atomic E-state index is 13.2. The van der Waals surface area contributed by atoms with Gasteiger partial charge in [-0.05, 0) is 56.0 Å². The van der Waals surface area contributed by atoms with Crippen molar-refractivity contribution in [1.29, 1.82) is 0 Å². The first-order chi connectivity index (χ1) is 16.9. The van der Waals surface area contributed by atoms with E-state index in [4.69, 9.17) is 0 Å². The highest BCUT2D eigenvalue weighted by Crippen LogP contribution is 2.34. The summed E-state index contributed by atoms with van der Waals surface area (Å²) >= 11 is 0. The van der Waals surface area contributed by atoms with Crippen molar-refractivity contribution in [3.8, 4) is 0 Å². The van der Waals surface area contributed by atoms with E-state index in [1.165, 1.54) is 12.5 Å². The van der Waals surface area contributed by atoms with Crippen LogP contribution in [0.4, 0.5) is 11.5 Å². The molecular weight excluding hydrogens is 464 g/mol. The molecule has 1 unspecified atom stereocenters. The molecule has 1 atom stereocenters. The van der Waals surface area contributed by atoms with Gasteiger partial charge in [-0.15, -0.1) is 0 Å². The van der Waals surface area contributed by atoms with E-state index in [0.29, 0.717) is 30.9 Å². The van der Waals surface area contributed by atoms with Crippen molar-refractivity contribution in [3.63, 3.8) is 0 Å². The molecule has 4 heterocycles. The van der Waals surface area contributed by atoms with Crippen molar-refractivity contribution in [2.75, 3.05) is 5.32 Å². The number of allylic oxidation sites excluding steroid dienone is 2. The van der Waals surface area contributed by atoms with Gasteiger partial charge in [0.25, 0.3) is 0 Å². The van der Waals surface area contributed by atoms with Crippen molar-refractivity contribution < 1.29 is 8.42 Å². The highest BCUT2D eigenvalue weighted by atomic mass is 32.2. The number of nitrogens with one attached hydrogen (secondary N) is 3. The fourth-order valence-electron chi connectivity index (χ4n) is 4.62. The summed E-state index contributed by atoms with van der Waals surface area (Å²) in [4.78, 5) is 16.4. The molecule has 5 aromatic rings. The number of rotatable bonds is 5. The van der Waals surface area contributed by atoms with Gasteiger partial charge in [-0.3, -0.25) is 5.10 Å². The van der Waals surface area contributed by atoms with E-state index in [-0.39, 0.29) is 5.03 Å². The van der Waals surface area contributed by atoms with Gasteiger partial charge < -0.3 is 14.9 Å². The molecule has 0 amide bonds. The van der Waals surface area contributed by atoms with E-state index in [1.807, 2.05) is 30.3 Å². The van der Waals surface area contributed by atoms with Crippen LogP contribution in [0.5, 0.6) is 0 Å². The largest absolute Gasteiger partial charge is 0.340 e. The zero-order valence-corrected chi connectivity index (χ0v) is 20.1. The quantitative estimate of drug-likeness (QED) is 0.340. The third-order valence-electron chi connectivity index (χ3n) is 6.75. The normalized spacial score (nSPS) is 16.6. The molecular formula is C24H24N8O2S. The van der Waals surface area contributed by atoms with E-state index in [0.717, 1.165) is 38.9 Å². The van der Waals surface area contributed by atoms with E-state index in [9.17, 15) is 8.42 Å². The Hall–Kier alpha value is -3.99. The SMILES string of the molecule is Cc1ncc(S(=O)(=O)C2CC=C(c3cc4c(Nc5ccc6[nH]ncc6c5)ncnc4[nH]3)CC2)n1C. The lowest BCUT2D eigenvalue weighted by molar-refractivity contribution is 0.558. The van der Waals surface area contributed by atoms with E-state index < -0.39 is 15.1 Å². The third kappa shape index (κ3) is 3.68. The van der Waals surface area contributed by atoms with Gasteiger partial charge in [-0.25, -0.2) is 23.4 Å². The Morgan fingerprint density at radius 1 is 1.14 bits per heavy atom. The average Bonchev–Trinajstić information content (AvgIpc) is 3.58. The van der Waals surface area contributed by atoms with Crippen molar-refractivity contribution in [2.24, 2.45) is 7.05 Å². The Kier molecular flexibility index (Phi) is 4.95. The molecule has 0 bridgehead atoms. The lowest BCUT2D eigenvalue weighted by Gasteiger charge is -2.21. The van der Waals surface area contributed by atoms with E-state index in [2.05, 4.69) is 35.5 Å². The lowest BCUT2D eigenvalue weighted by atomic mass is 9.97. The Balaban J connectivity index is 1.26. The number of nitrogens with zero attached hydrogens (tertiary/aromatic N) is 5. The minimum atomic E-state index is -3.45. The molecule has 1 aliphatic carbocycles. The van der Waals surface area contributed by atoms with Crippen LogP contribution in [0.2, 0.25) is 0 Å². The molecule has 178 valence electrons. The molecule has 3 N–H and O–H groups in total. The summed E-state index contributed by atoms with van der Waals surface area (Å²) in [5.74, 6) is 1.38. The molecule has 0 radical (unpaired) electrons. The summed E-state index contributed by atoms with van der Waals surface area (Å²) in [6.45, 7) is 1.80. The molecule has 10 nitrogen and oxygen atoms in total. The zero-order chi connectivity index (χ0) is 24.2. The van der Waals surface area contributed by atoms with Gasteiger partial charge in [0.15, 0.2) is 14.9 Å². The summed E-state index contributed by atoms with van der Waals surface area (Å²) in [5.41, 5.74) is 4.61. The van der Waals surface area contributed by atoms with Gasteiger partial charge in [-0.1, -0.05) is 6.08 Å². The minimum Gasteiger partial charge on any atom is -0.340 e. The first kappa shape index (κ1) is 21.5. The van der Waals surface area contributed by atoms with Gasteiger partial charge in [0.2, 0.25) is 0 Å². The van der Waals surface area contributed by atoms with Crippen LogP contribution < -0.4 is 5.32 Å². The average molecular weight is 489 g/mol. The molecule has 4 aromatic heterocycles. The predicted octanol–water partition coefficient (Wildman–Crippen LogP) is 4.03. The molecule has 0 aliphatic heterocycles. The number of H-pyrrole nitrogens is 2. The summed E-state index contributed by atoms with van der Waals surface area (Å²) < 4.78 is 28.0. The Morgan fingerprint density at radius 2 is 2.03 bits per heavy atom. The number of hydrogen-bond donors (Lipinski definition) is 3. The van der Waals surface area contributed by atoms with Gasteiger partial charge in [0, 0.05) is 23.8 Å². The molecule has 0 fully saturated rings. The van der Waals surface area contributed by atoms with Crippen LogP contribution in [0, 0.1) is 6.92 Å². The van der Waals surface area contributed by atoms with Crippen molar-refractivity contribution >= 4 is 48.9 Å². The Labute approximate surface area is 201 Å². The number of sulfone groups is 1. The Morgan fingerprint density at radius 3 is 2.80 bits per heavy atom.